The maximum Gasteiger partial charge on any atom is 0.132 e. The minimum atomic E-state index is -0.214. The third-order valence-corrected chi connectivity index (χ3v) is 4.72. The van der Waals surface area contributed by atoms with Gasteiger partial charge in [0.2, 0.25) is 0 Å². The molecule has 0 aliphatic carbocycles. The van der Waals surface area contributed by atoms with Gasteiger partial charge in [0.05, 0.1) is 13.2 Å². The van der Waals surface area contributed by atoms with Crippen molar-refractivity contribution in [3.63, 3.8) is 0 Å². The zero-order chi connectivity index (χ0) is 14.5. The van der Waals surface area contributed by atoms with Crippen LogP contribution in [0.2, 0.25) is 0 Å². The van der Waals surface area contributed by atoms with E-state index in [9.17, 15) is 5.11 Å². The highest BCUT2D eigenvalue weighted by Crippen LogP contribution is 2.30. The molecule has 112 valence electrons. The van der Waals surface area contributed by atoms with E-state index < -0.39 is 0 Å². The van der Waals surface area contributed by atoms with E-state index in [-0.39, 0.29) is 6.10 Å². The summed E-state index contributed by atoms with van der Waals surface area (Å²) in [4.78, 5) is 3.67. The minimum Gasteiger partial charge on any atom is -0.496 e. The number of hydrogen-bond donors (Lipinski definition) is 1. The fraction of sp³-hybridized carbons (Fsp3) is 0.625. The molecule has 0 saturated carbocycles. The average Bonchev–Trinajstić information content (AvgIpc) is 2.85. The Morgan fingerprint density at radius 3 is 2.95 bits per heavy atom. The molecular formula is C16H25NO2S. The summed E-state index contributed by atoms with van der Waals surface area (Å²) in [7, 11) is 1.73. The minimum absolute atomic E-state index is 0.214. The zero-order valence-electron chi connectivity index (χ0n) is 12.6. The van der Waals surface area contributed by atoms with E-state index in [0.29, 0.717) is 6.04 Å². The topological polar surface area (TPSA) is 32.7 Å². The number of methoxy groups -OCH3 is 1. The molecular weight excluding hydrogens is 270 g/mol. The second-order valence-corrected chi connectivity index (χ2v) is 6.39. The Hall–Kier alpha value is -0.710. The van der Waals surface area contributed by atoms with Crippen molar-refractivity contribution in [2.75, 3.05) is 19.9 Å². The molecule has 1 N–H and O–H groups in total. The Balaban J connectivity index is 2.05. The Morgan fingerprint density at radius 2 is 2.30 bits per heavy atom. The number of aliphatic hydroxyl groups excluding tert-OH is 1. The Labute approximate surface area is 126 Å². The summed E-state index contributed by atoms with van der Waals surface area (Å²) in [6.07, 6.45) is 5.16. The lowest BCUT2D eigenvalue weighted by molar-refractivity contribution is 0.130. The number of nitrogens with zero attached hydrogens (tertiary/aromatic N) is 1. The number of thioether (sulfide) groups is 1. The van der Waals surface area contributed by atoms with Crippen molar-refractivity contribution in [1.82, 2.24) is 4.90 Å². The fourth-order valence-electron chi connectivity index (χ4n) is 2.98. The van der Waals surface area contributed by atoms with Gasteiger partial charge in [-0.3, -0.25) is 4.90 Å². The monoisotopic (exact) mass is 295 g/mol. The molecule has 0 bridgehead atoms. The molecule has 2 unspecified atom stereocenters. The standard InChI is InChI=1S/C16H25NO2S/c1-12(18)9-14-5-4-8-17(14)11-13-6-7-16(20-3)15(10-13)19-2/h6-7,10,12,14,18H,4-5,8-9,11H2,1-3H3. The van der Waals surface area contributed by atoms with Crippen LogP contribution < -0.4 is 4.74 Å². The third kappa shape index (κ3) is 3.90. The molecule has 0 spiro atoms. The van der Waals surface area contributed by atoms with Crippen LogP contribution >= 0.6 is 11.8 Å². The highest BCUT2D eigenvalue weighted by atomic mass is 32.2. The van der Waals surface area contributed by atoms with Crippen molar-refractivity contribution in [2.45, 2.75) is 49.8 Å². The van der Waals surface area contributed by atoms with Crippen LogP contribution in [0.5, 0.6) is 5.75 Å². The van der Waals surface area contributed by atoms with Gasteiger partial charge in [-0.15, -0.1) is 11.8 Å². The molecule has 4 heteroatoms. The normalized spacial score (nSPS) is 21.1. The van der Waals surface area contributed by atoms with E-state index in [1.54, 1.807) is 18.9 Å². The van der Waals surface area contributed by atoms with E-state index in [4.69, 9.17) is 4.74 Å². The van der Waals surface area contributed by atoms with Crippen molar-refractivity contribution < 1.29 is 9.84 Å². The number of benzene rings is 1. The predicted molar refractivity (Wildman–Crippen MR) is 84.5 cm³/mol. The van der Waals surface area contributed by atoms with Crippen LogP contribution in [0.25, 0.3) is 0 Å². The molecule has 1 heterocycles. The fourth-order valence-corrected chi connectivity index (χ4v) is 3.53. The lowest BCUT2D eigenvalue weighted by atomic mass is 10.1. The molecule has 1 aliphatic heterocycles. The Morgan fingerprint density at radius 1 is 1.50 bits per heavy atom. The van der Waals surface area contributed by atoms with Gasteiger partial charge in [0.25, 0.3) is 0 Å². The number of aliphatic hydroxyl groups is 1. The van der Waals surface area contributed by atoms with Gasteiger partial charge in [-0.25, -0.2) is 0 Å². The maximum atomic E-state index is 9.60. The highest BCUT2D eigenvalue weighted by molar-refractivity contribution is 7.98. The summed E-state index contributed by atoms with van der Waals surface area (Å²) < 4.78 is 5.45. The van der Waals surface area contributed by atoms with Crippen molar-refractivity contribution in [3.8, 4) is 5.75 Å². The first kappa shape index (κ1) is 15.7. The van der Waals surface area contributed by atoms with Crippen LogP contribution in [-0.2, 0) is 6.54 Å². The van der Waals surface area contributed by atoms with Gasteiger partial charge in [0.15, 0.2) is 0 Å². The largest absolute Gasteiger partial charge is 0.496 e. The summed E-state index contributed by atoms with van der Waals surface area (Å²) >= 11 is 1.71. The van der Waals surface area contributed by atoms with Crippen molar-refractivity contribution in [1.29, 1.82) is 0 Å². The molecule has 0 amide bonds. The number of hydrogen-bond acceptors (Lipinski definition) is 4. The molecule has 2 rings (SSSR count). The van der Waals surface area contributed by atoms with Crippen LogP contribution in [0, 0.1) is 0 Å². The quantitative estimate of drug-likeness (QED) is 0.817. The van der Waals surface area contributed by atoms with E-state index in [1.165, 1.54) is 23.3 Å². The van der Waals surface area contributed by atoms with Crippen LogP contribution in [-0.4, -0.2) is 42.1 Å². The Kier molecular flexibility index (Phi) is 5.75. The average molecular weight is 295 g/mol. The molecule has 1 fully saturated rings. The number of ether oxygens (including phenoxy) is 1. The van der Waals surface area contributed by atoms with Crippen LogP contribution in [0.3, 0.4) is 0 Å². The van der Waals surface area contributed by atoms with Crippen LogP contribution in [0.15, 0.2) is 23.1 Å². The van der Waals surface area contributed by atoms with E-state index in [2.05, 4.69) is 29.4 Å². The van der Waals surface area contributed by atoms with Crippen LogP contribution in [0.1, 0.15) is 31.7 Å². The molecule has 2 atom stereocenters. The second kappa shape index (κ2) is 7.34. The molecule has 20 heavy (non-hydrogen) atoms. The summed E-state index contributed by atoms with van der Waals surface area (Å²) in [6, 6.07) is 6.98. The SMILES string of the molecule is COc1cc(CN2CCCC2CC(C)O)ccc1SC. The summed E-state index contributed by atoms with van der Waals surface area (Å²) in [5.74, 6) is 0.960. The van der Waals surface area contributed by atoms with Gasteiger partial charge >= 0.3 is 0 Å². The van der Waals surface area contributed by atoms with Gasteiger partial charge in [0.1, 0.15) is 5.75 Å². The first-order valence-corrected chi connectivity index (χ1v) is 8.49. The lowest BCUT2D eigenvalue weighted by Crippen LogP contribution is -2.31. The lowest BCUT2D eigenvalue weighted by Gasteiger charge is -2.25. The van der Waals surface area contributed by atoms with Crippen molar-refractivity contribution in [3.05, 3.63) is 23.8 Å². The second-order valence-electron chi connectivity index (χ2n) is 5.54. The number of likely N-dealkylation sites (tertiary alicyclic amines) is 1. The first-order chi connectivity index (χ1) is 9.63. The third-order valence-electron chi connectivity index (χ3n) is 3.95. The van der Waals surface area contributed by atoms with E-state index >= 15 is 0 Å². The molecule has 1 saturated heterocycles. The van der Waals surface area contributed by atoms with Gasteiger partial charge < -0.3 is 9.84 Å². The Bertz CT molecular complexity index is 436. The molecule has 1 aliphatic rings. The molecule has 0 radical (unpaired) electrons. The molecule has 1 aromatic carbocycles. The van der Waals surface area contributed by atoms with E-state index in [0.717, 1.165) is 25.3 Å². The molecule has 0 aromatic heterocycles. The summed E-state index contributed by atoms with van der Waals surface area (Å²) in [5.41, 5.74) is 1.29. The van der Waals surface area contributed by atoms with Crippen molar-refractivity contribution in [2.24, 2.45) is 0 Å². The van der Waals surface area contributed by atoms with Gasteiger partial charge in [0, 0.05) is 17.5 Å². The van der Waals surface area contributed by atoms with Crippen LogP contribution in [0.4, 0.5) is 0 Å². The van der Waals surface area contributed by atoms with Gasteiger partial charge in [-0.05, 0) is 56.7 Å². The molecule has 3 nitrogen and oxygen atoms in total. The summed E-state index contributed by atoms with van der Waals surface area (Å²) in [6.45, 7) is 3.96. The highest BCUT2D eigenvalue weighted by Gasteiger charge is 2.25. The predicted octanol–water partition coefficient (Wildman–Crippen LogP) is 3.15. The van der Waals surface area contributed by atoms with Crippen molar-refractivity contribution >= 4 is 11.8 Å². The summed E-state index contributed by atoms with van der Waals surface area (Å²) in [5, 5.41) is 9.60. The smallest absolute Gasteiger partial charge is 0.132 e. The van der Waals surface area contributed by atoms with E-state index in [1.807, 2.05) is 6.92 Å². The van der Waals surface area contributed by atoms with Gasteiger partial charge in [-0.1, -0.05) is 6.07 Å². The van der Waals surface area contributed by atoms with Gasteiger partial charge in [-0.2, -0.15) is 0 Å². The number of rotatable bonds is 6. The first-order valence-electron chi connectivity index (χ1n) is 7.27. The molecule has 1 aromatic rings. The maximum absolute atomic E-state index is 9.60. The zero-order valence-corrected chi connectivity index (χ0v) is 13.4.